The van der Waals surface area contributed by atoms with Crippen molar-refractivity contribution in [3.8, 4) is 0 Å². The minimum atomic E-state index is 0.701. The van der Waals surface area contributed by atoms with Crippen molar-refractivity contribution >= 4 is 15.9 Å². The fourth-order valence-electron chi connectivity index (χ4n) is 2.02. The van der Waals surface area contributed by atoms with Crippen LogP contribution in [-0.4, -0.2) is 29.4 Å². The molecule has 0 amide bonds. The van der Waals surface area contributed by atoms with Gasteiger partial charge in [-0.1, -0.05) is 40.4 Å². The van der Waals surface area contributed by atoms with Crippen molar-refractivity contribution in [3.63, 3.8) is 0 Å². The van der Waals surface area contributed by atoms with E-state index < -0.39 is 0 Å². The molecule has 14 heavy (non-hydrogen) atoms. The highest BCUT2D eigenvalue weighted by Crippen LogP contribution is 2.27. The van der Waals surface area contributed by atoms with Crippen molar-refractivity contribution in [2.45, 2.75) is 50.4 Å². The zero-order valence-electron chi connectivity index (χ0n) is 9.59. The summed E-state index contributed by atoms with van der Waals surface area (Å²) in [6.07, 6.45) is 7.79. The first kappa shape index (κ1) is 12.3. The number of allylic oxidation sites excluding steroid dienone is 1. The van der Waals surface area contributed by atoms with Gasteiger partial charge < -0.3 is 0 Å². The second-order valence-electron chi connectivity index (χ2n) is 4.59. The van der Waals surface area contributed by atoms with Gasteiger partial charge in [-0.05, 0) is 33.7 Å². The molecule has 0 aromatic heterocycles. The van der Waals surface area contributed by atoms with Gasteiger partial charge in [0.15, 0.2) is 0 Å². The van der Waals surface area contributed by atoms with E-state index in [1.807, 2.05) is 0 Å². The molecule has 1 nitrogen and oxygen atoms in total. The summed E-state index contributed by atoms with van der Waals surface area (Å²) in [5.74, 6) is 0. The molecule has 0 N–H and O–H groups in total. The minimum Gasteiger partial charge on any atom is -0.299 e. The average molecular weight is 260 g/mol. The van der Waals surface area contributed by atoms with Crippen molar-refractivity contribution in [1.82, 2.24) is 4.90 Å². The van der Waals surface area contributed by atoms with E-state index in [1.54, 1.807) is 0 Å². The first-order chi connectivity index (χ1) is 6.61. The highest BCUT2D eigenvalue weighted by molar-refractivity contribution is 9.09. The molecule has 1 fully saturated rings. The van der Waals surface area contributed by atoms with Crippen molar-refractivity contribution < 1.29 is 0 Å². The highest BCUT2D eigenvalue weighted by Gasteiger charge is 2.25. The topological polar surface area (TPSA) is 3.24 Å². The van der Waals surface area contributed by atoms with Gasteiger partial charge in [0.1, 0.15) is 0 Å². The molecule has 0 bridgehead atoms. The SMILES string of the molecule is CC(C)=CCN(C)C1CCCCC1Br. The molecule has 82 valence electrons. The zero-order chi connectivity index (χ0) is 10.6. The molecule has 1 aliphatic carbocycles. The lowest BCUT2D eigenvalue weighted by atomic mass is 9.94. The number of likely N-dealkylation sites (N-methyl/N-ethyl adjacent to an activating group) is 1. The van der Waals surface area contributed by atoms with E-state index in [4.69, 9.17) is 0 Å². The summed E-state index contributed by atoms with van der Waals surface area (Å²) < 4.78 is 0. The van der Waals surface area contributed by atoms with E-state index in [1.165, 1.54) is 31.3 Å². The van der Waals surface area contributed by atoms with Crippen LogP contribution in [0.15, 0.2) is 11.6 Å². The Morgan fingerprint density at radius 2 is 2.00 bits per heavy atom. The molecule has 0 radical (unpaired) electrons. The first-order valence-electron chi connectivity index (χ1n) is 5.59. The van der Waals surface area contributed by atoms with Crippen molar-refractivity contribution in [2.24, 2.45) is 0 Å². The van der Waals surface area contributed by atoms with Crippen LogP contribution >= 0.6 is 15.9 Å². The Morgan fingerprint density at radius 3 is 2.57 bits per heavy atom. The lowest BCUT2D eigenvalue weighted by Crippen LogP contribution is -2.40. The Labute approximate surface area is 96.7 Å². The Bertz CT molecular complexity index is 196. The summed E-state index contributed by atoms with van der Waals surface area (Å²) in [6.45, 7) is 5.43. The van der Waals surface area contributed by atoms with Gasteiger partial charge in [-0.15, -0.1) is 0 Å². The molecular weight excluding hydrogens is 238 g/mol. The van der Waals surface area contributed by atoms with Crippen LogP contribution < -0.4 is 0 Å². The van der Waals surface area contributed by atoms with E-state index in [2.05, 4.69) is 47.8 Å². The van der Waals surface area contributed by atoms with Gasteiger partial charge in [0.05, 0.1) is 0 Å². The fraction of sp³-hybridized carbons (Fsp3) is 0.833. The molecule has 2 heteroatoms. The third-order valence-corrected chi connectivity index (χ3v) is 4.07. The molecule has 0 heterocycles. The lowest BCUT2D eigenvalue weighted by molar-refractivity contribution is 0.218. The van der Waals surface area contributed by atoms with Gasteiger partial charge in [-0.3, -0.25) is 4.90 Å². The summed E-state index contributed by atoms with van der Waals surface area (Å²) in [7, 11) is 2.24. The molecule has 2 unspecified atom stereocenters. The van der Waals surface area contributed by atoms with E-state index in [0.29, 0.717) is 4.83 Å². The number of hydrogen-bond acceptors (Lipinski definition) is 1. The van der Waals surface area contributed by atoms with E-state index in [0.717, 1.165) is 12.6 Å². The van der Waals surface area contributed by atoms with Gasteiger partial charge in [0, 0.05) is 17.4 Å². The van der Waals surface area contributed by atoms with Gasteiger partial charge in [0.25, 0.3) is 0 Å². The van der Waals surface area contributed by atoms with Gasteiger partial charge in [-0.25, -0.2) is 0 Å². The third-order valence-electron chi connectivity index (χ3n) is 3.00. The second-order valence-corrected chi connectivity index (χ2v) is 5.76. The van der Waals surface area contributed by atoms with Crippen LogP contribution in [0.3, 0.4) is 0 Å². The maximum absolute atomic E-state index is 3.80. The van der Waals surface area contributed by atoms with Crippen LogP contribution in [0.1, 0.15) is 39.5 Å². The molecule has 0 saturated heterocycles. The predicted molar refractivity (Wildman–Crippen MR) is 67.0 cm³/mol. The van der Waals surface area contributed by atoms with Crippen LogP contribution in [0.5, 0.6) is 0 Å². The molecule has 1 rings (SSSR count). The Morgan fingerprint density at radius 1 is 1.36 bits per heavy atom. The average Bonchev–Trinajstić information content (AvgIpc) is 2.15. The third kappa shape index (κ3) is 3.74. The minimum absolute atomic E-state index is 0.701. The van der Waals surface area contributed by atoms with Gasteiger partial charge >= 0.3 is 0 Å². The summed E-state index contributed by atoms with van der Waals surface area (Å²) in [5.41, 5.74) is 1.42. The second kappa shape index (κ2) is 5.92. The zero-order valence-corrected chi connectivity index (χ0v) is 11.2. The highest BCUT2D eigenvalue weighted by atomic mass is 79.9. The van der Waals surface area contributed by atoms with Crippen molar-refractivity contribution in [1.29, 1.82) is 0 Å². The summed E-state index contributed by atoms with van der Waals surface area (Å²) in [4.78, 5) is 3.18. The molecule has 0 spiro atoms. The summed E-state index contributed by atoms with van der Waals surface area (Å²) in [5, 5.41) is 0. The standard InChI is InChI=1S/C12H22BrN/c1-10(2)8-9-14(3)12-7-5-4-6-11(12)13/h8,11-12H,4-7,9H2,1-3H3. The molecule has 1 aliphatic rings. The quantitative estimate of drug-likeness (QED) is 0.553. The largest absolute Gasteiger partial charge is 0.299 e. The van der Waals surface area contributed by atoms with Gasteiger partial charge in [0.2, 0.25) is 0 Å². The van der Waals surface area contributed by atoms with E-state index in [-0.39, 0.29) is 0 Å². The monoisotopic (exact) mass is 259 g/mol. The predicted octanol–water partition coefficient (Wildman–Crippen LogP) is 3.59. The fourth-order valence-corrected chi connectivity index (χ4v) is 3.02. The Balaban J connectivity index is 2.41. The summed E-state index contributed by atoms with van der Waals surface area (Å²) >= 11 is 3.80. The Hall–Kier alpha value is 0.180. The van der Waals surface area contributed by atoms with Crippen LogP contribution in [0.2, 0.25) is 0 Å². The van der Waals surface area contributed by atoms with Crippen molar-refractivity contribution in [3.05, 3.63) is 11.6 Å². The smallest absolute Gasteiger partial charge is 0.0301 e. The van der Waals surface area contributed by atoms with Crippen molar-refractivity contribution in [2.75, 3.05) is 13.6 Å². The number of hydrogen-bond donors (Lipinski definition) is 0. The maximum atomic E-state index is 3.80. The van der Waals surface area contributed by atoms with Crippen LogP contribution in [0, 0.1) is 0 Å². The first-order valence-corrected chi connectivity index (χ1v) is 6.50. The molecule has 0 aromatic rings. The molecule has 0 aromatic carbocycles. The maximum Gasteiger partial charge on any atom is 0.0301 e. The van der Waals surface area contributed by atoms with E-state index >= 15 is 0 Å². The van der Waals surface area contributed by atoms with Crippen LogP contribution in [0.4, 0.5) is 0 Å². The molecular formula is C12H22BrN. The number of nitrogens with zero attached hydrogens (tertiary/aromatic N) is 1. The molecule has 2 atom stereocenters. The van der Waals surface area contributed by atoms with E-state index in [9.17, 15) is 0 Å². The Kier molecular flexibility index (Phi) is 5.18. The normalized spacial score (nSPS) is 27.8. The number of alkyl halides is 1. The number of rotatable bonds is 3. The van der Waals surface area contributed by atoms with Gasteiger partial charge in [-0.2, -0.15) is 0 Å². The van der Waals surface area contributed by atoms with Crippen LogP contribution in [-0.2, 0) is 0 Å². The molecule has 1 saturated carbocycles. The van der Waals surface area contributed by atoms with Crippen LogP contribution in [0.25, 0.3) is 0 Å². The number of halogens is 1. The lowest BCUT2D eigenvalue weighted by Gasteiger charge is -2.34. The molecule has 0 aliphatic heterocycles. The summed E-state index contributed by atoms with van der Waals surface area (Å²) in [6, 6.07) is 0.736.